The Morgan fingerprint density at radius 3 is 1.91 bits per heavy atom. The third kappa shape index (κ3) is 12.8. The standard InChI is InChI=1S/C41H50O15/c1-6-7-8-9-10-11-12-13-17-22-48-30-20-21-31-32(23-30)53-40(47)37(55-39(46)29-18-15-14-16-19-29)34(31)56-41-38(52-28(5)45)36(51-27(4)44)35(50-26(3)43)33(54-41)24-49-25(2)42/h14-16,18-21,23,33,35-36,38,41H,6-13,17,22,24H2,1-5H3/t33-,35+,36+,38-,41+/m1/s1. The van der Waals surface area contributed by atoms with Crippen LogP contribution in [-0.2, 0) is 42.9 Å². The largest absolute Gasteiger partial charge is 0.493 e. The van der Waals surface area contributed by atoms with Crippen molar-refractivity contribution in [3.63, 3.8) is 0 Å². The zero-order valence-electron chi connectivity index (χ0n) is 32.4. The number of ether oxygens (including phenoxy) is 8. The zero-order chi connectivity index (χ0) is 40.6. The van der Waals surface area contributed by atoms with Gasteiger partial charge in [0.2, 0.25) is 12.4 Å². The van der Waals surface area contributed by atoms with Gasteiger partial charge in [-0.25, -0.2) is 9.59 Å². The van der Waals surface area contributed by atoms with Crippen molar-refractivity contribution in [2.24, 2.45) is 0 Å². The van der Waals surface area contributed by atoms with E-state index in [2.05, 4.69) is 6.92 Å². The number of unbranched alkanes of at least 4 members (excludes halogenated alkanes) is 8. The van der Waals surface area contributed by atoms with Crippen LogP contribution in [0.25, 0.3) is 11.0 Å². The quantitative estimate of drug-likeness (QED) is 0.0531. The Labute approximate surface area is 324 Å². The third-order valence-corrected chi connectivity index (χ3v) is 8.70. The second-order valence-corrected chi connectivity index (χ2v) is 13.3. The Balaban J connectivity index is 1.71. The van der Waals surface area contributed by atoms with Gasteiger partial charge >= 0.3 is 35.5 Å². The number of hydrogen-bond acceptors (Lipinski definition) is 15. The van der Waals surface area contributed by atoms with Crippen LogP contribution in [-0.4, -0.2) is 73.8 Å². The lowest BCUT2D eigenvalue weighted by Crippen LogP contribution is -2.63. The monoisotopic (exact) mass is 782 g/mol. The van der Waals surface area contributed by atoms with E-state index in [1.165, 1.54) is 62.8 Å². The van der Waals surface area contributed by atoms with Gasteiger partial charge in [-0.3, -0.25) is 19.2 Å². The minimum Gasteiger partial charge on any atom is -0.493 e. The molecule has 1 aliphatic heterocycles. The molecule has 0 bridgehead atoms. The molecule has 0 saturated carbocycles. The summed E-state index contributed by atoms with van der Waals surface area (Å²) in [5, 5.41) is 0.115. The van der Waals surface area contributed by atoms with Crippen LogP contribution in [0.15, 0.2) is 57.7 Å². The Bertz CT molecular complexity index is 1850. The first-order valence-corrected chi connectivity index (χ1v) is 18.9. The van der Waals surface area contributed by atoms with Crippen molar-refractivity contribution < 1.29 is 66.3 Å². The molecule has 5 atom stereocenters. The smallest absolute Gasteiger partial charge is 0.383 e. The molecule has 4 rings (SSSR count). The van der Waals surface area contributed by atoms with Gasteiger partial charge in [0.1, 0.15) is 24.0 Å². The summed E-state index contributed by atoms with van der Waals surface area (Å²) >= 11 is 0. The van der Waals surface area contributed by atoms with E-state index in [0.717, 1.165) is 47.0 Å². The summed E-state index contributed by atoms with van der Waals surface area (Å²) in [6, 6.07) is 12.4. The van der Waals surface area contributed by atoms with Crippen molar-refractivity contribution in [3.8, 4) is 17.2 Å². The molecule has 0 unspecified atom stereocenters. The first-order chi connectivity index (χ1) is 26.9. The first kappa shape index (κ1) is 43.3. The molecule has 0 amide bonds. The lowest BCUT2D eigenvalue weighted by Gasteiger charge is -2.44. The molecule has 1 saturated heterocycles. The van der Waals surface area contributed by atoms with Crippen LogP contribution in [0.5, 0.6) is 17.2 Å². The average Bonchev–Trinajstić information content (AvgIpc) is 3.14. The molecule has 1 fully saturated rings. The van der Waals surface area contributed by atoms with Crippen molar-refractivity contribution in [1.29, 1.82) is 0 Å². The predicted octanol–water partition coefficient (Wildman–Crippen LogP) is 6.38. The van der Waals surface area contributed by atoms with Crippen molar-refractivity contribution in [2.45, 2.75) is 123 Å². The number of benzene rings is 2. The Kier molecular flexibility index (Phi) is 16.7. The Morgan fingerprint density at radius 2 is 1.29 bits per heavy atom. The highest BCUT2D eigenvalue weighted by Crippen LogP contribution is 2.39. The normalized spacial score (nSPS) is 19.1. The van der Waals surface area contributed by atoms with Crippen molar-refractivity contribution in [1.82, 2.24) is 0 Å². The van der Waals surface area contributed by atoms with Gasteiger partial charge in [-0.1, -0.05) is 76.5 Å². The molecule has 3 aromatic rings. The van der Waals surface area contributed by atoms with Crippen LogP contribution >= 0.6 is 0 Å². The molecular formula is C41H50O15. The van der Waals surface area contributed by atoms with Crippen molar-refractivity contribution in [2.75, 3.05) is 13.2 Å². The van der Waals surface area contributed by atoms with Crippen molar-refractivity contribution in [3.05, 3.63) is 64.5 Å². The fraction of sp³-hybridized carbons (Fsp3) is 0.512. The number of carbonyl (C=O) groups excluding carboxylic acids is 5. The van der Waals surface area contributed by atoms with Gasteiger partial charge in [0.15, 0.2) is 18.0 Å². The van der Waals surface area contributed by atoms with E-state index in [9.17, 15) is 28.8 Å². The SMILES string of the molecule is CCCCCCCCCCCOc1ccc2c(O[C@@H]3O[C@H](COC(C)=O)[C@H](OC(C)=O)[C@H](OC(C)=O)[C@H]3OC(C)=O)c(OC(=O)c3ccccc3)c(=O)oc2c1. The zero-order valence-corrected chi connectivity index (χ0v) is 32.4. The van der Waals surface area contributed by atoms with Gasteiger partial charge in [-0.05, 0) is 30.7 Å². The number of carbonyl (C=O) groups is 5. The fourth-order valence-electron chi connectivity index (χ4n) is 6.16. The summed E-state index contributed by atoms with van der Waals surface area (Å²) in [6.45, 7) is 6.48. The molecule has 1 aromatic heterocycles. The molecule has 0 N–H and O–H groups in total. The van der Waals surface area contributed by atoms with Gasteiger partial charge in [0.05, 0.1) is 17.6 Å². The van der Waals surface area contributed by atoms with Crippen LogP contribution in [0.3, 0.4) is 0 Å². The molecule has 15 nitrogen and oxygen atoms in total. The van der Waals surface area contributed by atoms with Gasteiger partial charge in [0, 0.05) is 33.8 Å². The Morgan fingerprint density at radius 1 is 0.679 bits per heavy atom. The predicted molar refractivity (Wildman–Crippen MR) is 199 cm³/mol. The second-order valence-electron chi connectivity index (χ2n) is 13.3. The van der Waals surface area contributed by atoms with E-state index in [4.69, 9.17) is 42.3 Å². The molecule has 0 aliphatic carbocycles. The summed E-state index contributed by atoms with van der Waals surface area (Å²) in [6.07, 6.45) is 2.54. The molecule has 0 radical (unpaired) electrons. The van der Waals surface area contributed by atoms with E-state index >= 15 is 0 Å². The van der Waals surface area contributed by atoms with Crippen LogP contribution in [0, 0.1) is 0 Å². The molecule has 2 heterocycles. The lowest BCUT2D eigenvalue weighted by molar-refractivity contribution is -0.288. The summed E-state index contributed by atoms with van der Waals surface area (Å²) in [7, 11) is 0. The summed E-state index contributed by atoms with van der Waals surface area (Å²) in [4.78, 5) is 75.7. The third-order valence-electron chi connectivity index (χ3n) is 8.70. The molecule has 56 heavy (non-hydrogen) atoms. The maximum absolute atomic E-state index is 13.6. The number of esters is 5. The van der Waals surface area contributed by atoms with Gasteiger partial charge in [-0.15, -0.1) is 0 Å². The van der Waals surface area contributed by atoms with Crippen LogP contribution in [0.2, 0.25) is 0 Å². The topological polar surface area (TPSA) is 189 Å². The van der Waals surface area contributed by atoms with E-state index in [-0.39, 0.29) is 22.3 Å². The van der Waals surface area contributed by atoms with E-state index < -0.39 is 78.5 Å². The number of fused-ring (bicyclic) bond motifs is 1. The summed E-state index contributed by atoms with van der Waals surface area (Å²) in [5.41, 5.74) is -1.02. The minimum atomic E-state index is -1.75. The molecule has 15 heteroatoms. The second kappa shape index (κ2) is 21.6. The highest BCUT2D eigenvalue weighted by molar-refractivity contribution is 5.93. The average molecular weight is 783 g/mol. The van der Waals surface area contributed by atoms with Gasteiger partial charge in [-0.2, -0.15) is 0 Å². The molecule has 0 spiro atoms. The van der Waals surface area contributed by atoms with Crippen LogP contribution < -0.4 is 19.8 Å². The molecular weight excluding hydrogens is 732 g/mol. The highest BCUT2D eigenvalue weighted by atomic mass is 16.7. The van der Waals surface area contributed by atoms with E-state index in [1.54, 1.807) is 24.3 Å². The first-order valence-electron chi connectivity index (χ1n) is 18.9. The summed E-state index contributed by atoms with van der Waals surface area (Å²) in [5.74, 6) is -4.83. The molecule has 1 aliphatic rings. The maximum atomic E-state index is 13.6. The minimum absolute atomic E-state index is 0.0141. The van der Waals surface area contributed by atoms with E-state index in [1.807, 2.05) is 0 Å². The van der Waals surface area contributed by atoms with Gasteiger partial charge in [0.25, 0.3) is 5.75 Å². The maximum Gasteiger partial charge on any atom is 0.383 e. The highest BCUT2D eigenvalue weighted by Gasteiger charge is 2.53. The number of hydrogen-bond donors (Lipinski definition) is 0. The Hall–Kier alpha value is -5.44. The summed E-state index contributed by atoms with van der Waals surface area (Å²) < 4.78 is 51.2. The van der Waals surface area contributed by atoms with Gasteiger partial charge < -0.3 is 42.3 Å². The van der Waals surface area contributed by atoms with Crippen molar-refractivity contribution >= 4 is 40.8 Å². The molecule has 304 valence electrons. The van der Waals surface area contributed by atoms with Crippen LogP contribution in [0.4, 0.5) is 0 Å². The fourth-order valence-corrected chi connectivity index (χ4v) is 6.16. The van der Waals surface area contributed by atoms with Crippen LogP contribution in [0.1, 0.15) is 103 Å². The molecule has 2 aromatic carbocycles. The lowest BCUT2D eigenvalue weighted by atomic mass is 9.98. The van der Waals surface area contributed by atoms with E-state index in [0.29, 0.717) is 12.4 Å². The number of rotatable bonds is 20.